The molecule has 1 aromatic rings. The summed E-state index contributed by atoms with van der Waals surface area (Å²) in [6.45, 7) is 4.46. The molecule has 0 spiro atoms. The van der Waals surface area contributed by atoms with Crippen molar-refractivity contribution < 1.29 is 14.2 Å². The van der Waals surface area contributed by atoms with E-state index in [0.29, 0.717) is 6.61 Å². The number of hydrogen-bond donors (Lipinski definition) is 0. The summed E-state index contributed by atoms with van der Waals surface area (Å²) in [5.41, 5.74) is 1.38. The zero-order valence-electron chi connectivity index (χ0n) is 11.8. The van der Waals surface area contributed by atoms with Gasteiger partial charge >= 0.3 is 0 Å². The first kappa shape index (κ1) is 14.4. The van der Waals surface area contributed by atoms with Crippen LogP contribution in [-0.4, -0.2) is 26.1 Å². The van der Waals surface area contributed by atoms with E-state index in [1.54, 1.807) is 0 Å². The van der Waals surface area contributed by atoms with Crippen LogP contribution < -0.4 is 4.74 Å². The Morgan fingerprint density at radius 3 is 2.58 bits per heavy atom. The maximum atomic E-state index is 5.71. The number of benzene rings is 1. The van der Waals surface area contributed by atoms with Gasteiger partial charge in [0, 0.05) is 6.42 Å². The smallest absolute Gasteiger partial charge is 0.160 e. The molecule has 0 bridgehead atoms. The molecule has 1 heterocycles. The SMILES string of the molecule is CCCCc1ccc(OCCC2OCCCO2)cc1. The van der Waals surface area contributed by atoms with Gasteiger partial charge in [-0.05, 0) is 37.0 Å². The standard InChI is InChI=1S/C16H24O3/c1-2-3-5-14-6-8-15(9-7-14)17-13-10-16-18-11-4-12-19-16/h6-9,16H,2-5,10-13H2,1H3. The molecule has 0 N–H and O–H groups in total. The molecule has 3 heteroatoms. The third-order valence-corrected chi connectivity index (χ3v) is 3.26. The van der Waals surface area contributed by atoms with Gasteiger partial charge < -0.3 is 14.2 Å². The fourth-order valence-electron chi connectivity index (χ4n) is 2.11. The van der Waals surface area contributed by atoms with Gasteiger partial charge in [0.1, 0.15) is 5.75 Å². The topological polar surface area (TPSA) is 27.7 Å². The predicted octanol–water partition coefficient (Wildman–Crippen LogP) is 3.56. The molecule has 2 rings (SSSR count). The number of ether oxygens (including phenoxy) is 3. The van der Waals surface area contributed by atoms with Crippen molar-refractivity contribution in [3.05, 3.63) is 29.8 Å². The minimum absolute atomic E-state index is 0.0856. The Kier molecular flexibility index (Phi) is 6.18. The largest absolute Gasteiger partial charge is 0.493 e. The number of hydrogen-bond acceptors (Lipinski definition) is 3. The van der Waals surface area contributed by atoms with Crippen molar-refractivity contribution in [2.24, 2.45) is 0 Å². The second-order valence-electron chi connectivity index (χ2n) is 4.91. The number of unbranched alkanes of at least 4 members (excludes halogenated alkanes) is 1. The lowest BCUT2D eigenvalue weighted by Gasteiger charge is -2.23. The number of aryl methyl sites for hydroxylation is 1. The molecule has 0 aliphatic carbocycles. The zero-order chi connectivity index (χ0) is 13.3. The lowest BCUT2D eigenvalue weighted by atomic mass is 10.1. The first-order valence-corrected chi connectivity index (χ1v) is 7.33. The summed E-state index contributed by atoms with van der Waals surface area (Å²) in [6.07, 6.45) is 5.34. The molecule has 1 aliphatic rings. The highest BCUT2D eigenvalue weighted by Gasteiger charge is 2.13. The minimum atomic E-state index is -0.0856. The summed E-state index contributed by atoms with van der Waals surface area (Å²) in [5.74, 6) is 0.927. The van der Waals surface area contributed by atoms with Gasteiger partial charge in [-0.3, -0.25) is 0 Å². The Balaban J connectivity index is 1.67. The molecule has 0 aromatic heterocycles. The second-order valence-corrected chi connectivity index (χ2v) is 4.91. The van der Waals surface area contributed by atoms with E-state index in [1.165, 1.54) is 18.4 Å². The van der Waals surface area contributed by atoms with E-state index < -0.39 is 0 Å². The van der Waals surface area contributed by atoms with Crippen molar-refractivity contribution in [2.45, 2.75) is 45.3 Å². The summed E-state index contributed by atoms with van der Waals surface area (Å²) in [5, 5.41) is 0. The van der Waals surface area contributed by atoms with Crippen molar-refractivity contribution in [2.75, 3.05) is 19.8 Å². The lowest BCUT2D eigenvalue weighted by molar-refractivity contribution is -0.183. The quantitative estimate of drug-likeness (QED) is 0.753. The van der Waals surface area contributed by atoms with Crippen molar-refractivity contribution >= 4 is 0 Å². The van der Waals surface area contributed by atoms with Crippen LogP contribution in [0.15, 0.2) is 24.3 Å². The van der Waals surface area contributed by atoms with Crippen LogP contribution in [0.4, 0.5) is 0 Å². The summed E-state index contributed by atoms with van der Waals surface area (Å²) < 4.78 is 16.7. The fourth-order valence-corrected chi connectivity index (χ4v) is 2.11. The molecule has 1 aliphatic heterocycles. The van der Waals surface area contributed by atoms with Gasteiger partial charge in [0.2, 0.25) is 0 Å². The average Bonchev–Trinajstić information content (AvgIpc) is 2.47. The average molecular weight is 264 g/mol. The minimum Gasteiger partial charge on any atom is -0.493 e. The Labute approximate surface area is 115 Å². The van der Waals surface area contributed by atoms with Crippen LogP contribution in [0, 0.1) is 0 Å². The fraction of sp³-hybridized carbons (Fsp3) is 0.625. The lowest BCUT2D eigenvalue weighted by Crippen LogP contribution is -2.26. The van der Waals surface area contributed by atoms with Gasteiger partial charge in [-0.1, -0.05) is 25.5 Å². The third-order valence-electron chi connectivity index (χ3n) is 3.26. The van der Waals surface area contributed by atoms with Crippen LogP contribution in [0.1, 0.15) is 38.2 Å². The van der Waals surface area contributed by atoms with E-state index in [9.17, 15) is 0 Å². The van der Waals surface area contributed by atoms with Crippen molar-refractivity contribution in [1.82, 2.24) is 0 Å². The van der Waals surface area contributed by atoms with Crippen molar-refractivity contribution in [3.8, 4) is 5.75 Å². The van der Waals surface area contributed by atoms with Crippen molar-refractivity contribution in [1.29, 1.82) is 0 Å². The van der Waals surface area contributed by atoms with Crippen LogP contribution in [0.3, 0.4) is 0 Å². The Bertz CT molecular complexity index is 342. The van der Waals surface area contributed by atoms with Gasteiger partial charge in [-0.15, -0.1) is 0 Å². The van der Waals surface area contributed by atoms with E-state index in [2.05, 4.69) is 19.1 Å². The Hall–Kier alpha value is -1.06. The van der Waals surface area contributed by atoms with Crippen LogP contribution in [0.25, 0.3) is 0 Å². The molecule has 1 fully saturated rings. The normalized spacial score (nSPS) is 16.5. The van der Waals surface area contributed by atoms with E-state index in [4.69, 9.17) is 14.2 Å². The molecular formula is C16H24O3. The molecule has 0 atom stereocenters. The molecule has 0 radical (unpaired) electrons. The van der Waals surface area contributed by atoms with E-state index in [-0.39, 0.29) is 6.29 Å². The van der Waals surface area contributed by atoms with E-state index in [1.807, 2.05) is 12.1 Å². The molecular weight excluding hydrogens is 240 g/mol. The second kappa shape index (κ2) is 8.18. The highest BCUT2D eigenvalue weighted by molar-refractivity contribution is 5.27. The van der Waals surface area contributed by atoms with Gasteiger partial charge in [-0.2, -0.15) is 0 Å². The third kappa shape index (κ3) is 5.21. The molecule has 1 aromatic carbocycles. The molecule has 3 nitrogen and oxygen atoms in total. The zero-order valence-corrected chi connectivity index (χ0v) is 11.8. The van der Waals surface area contributed by atoms with Crippen LogP contribution >= 0.6 is 0 Å². The first-order chi connectivity index (χ1) is 9.38. The van der Waals surface area contributed by atoms with Crippen LogP contribution in [0.2, 0.25) is 0 Å². The van der Waals surface area contributed by atoms with E-state index in [0.717, 1.165) is 38.2 Å². The maximum Gasteiger partial charge on any atom is 0.160 e. The van der Waals surface area contributed by atoms with E-state index >= 15 is 0 Å². The predicted molar refractivity (Wildman–Crippen MR) is 75.5 cm³/mol. The van der Waals surface area contributed by atoms with Gasteiger partial charge in [0.05, 0.1) is 19.8 Å². The highest BCUT2D eigenvalue weighted by Crippen LogP contribution is 2.15. The van der Waals surface area contributed by atoms with Crippen LogP contribution in [0.5, 0.6) is 5.75 Å². The molecule has 106 valence electrons. The van der Waals surface area contributed by atoms with Gasteiger partial charge in [-0.25, -0.2) is 0 Å². The maximum absolute atomic E-state index is 5.71. The molecule has 19 heavy (non-hydrogen) atoms. The first-order valence-electron chi connectivity index (χ1n) is 7.33. The van der Waals surface area contributed by atoms with Crippen molar-refractivity contribution in [3.63, 3.8) is 0 Å². The summed E-state index contributed by atoms with van der Waals surface area (Å²) in [7, 11) is 0. The highest BCUT2D eigenvalue weighted by atomic mass is 16.7. The summed E-state index contributed by atoms with van der Waals surface area (Å²) >= 11 is 0. The van der Waals surface area contributed by atoms with Gasteiger partial charge in [0.15, 0.2) is 6.29 Å². The summed E-state index contributed by atoms with van der Waals surface area (Å²) in [6, 6.07) is 8.40. The Morgan fingerprint density at radius 2 is 1.89 bits per heavy atom. The number of rotatable bonds is 7. The van der Waals surface area contributed by atoms with Gasteiger partial charge in [0.25, 0.3) is 0 Å². The Morgan fingerprint density at radius 1 is 1.16 bits per heavy atom. The monoisotopic (exact) mass is 264 g/mol. The molecule has 1 saturated heterocycles. The van der Waals surface area contributed by atoms with Crippen LogP contribution in [-0.2, 0) is 15.9 Å². The molecule has 0 saturated carbocycles. The molecule has 0 amide bonds. The summed E-state index contributed by atoms with van der Waals surface area (Å²) in [4.78, 5) is 0. The molecule has 0 unspecified atom stereocenters.